The van der Waals surface area contributed by atoms with Crippen LogP contribution in [0, 0.1) is 0 Å². The molecule has 2 unspecified atom stereocenters. The lowest BCUT2D eigenvalue weighted by Crippen LogP contribution is -2.53. The smallest absolute Gasteiger partial charge is 0.325 e. The average molecular weight is 341 g/mol. The van der Waals surface area contributed by atoms with E-state index in [2.05, 4.69) is 18.9 Å². The number of aliphatic carboxylic acids is 1. The van der Waals surface area contributed by atoms with E-state index in [-0.39, 0.29) is 6.04 Å². The Morgan fingerprint density at radius 3 is 2.78 bits per heavy atom. The molecule has 128 valence electrons. The number of hydrogen-bond acceptors (Lipinski definition) is 4. The standard InChI is InChI=1S/C17H25ClN2O3/c1-4-9-23-15-6-5-13(10-14(15)18)16(17(21)22)20-8-7-19(3)11-12(20)2/h5-6,10,12,16H,4,7-9,11H2,1-3H3,(H,21,22). The molecule has 23 heavy (non-hydrogen) atoms. The summed E-state index contributed by atoms with van der Waals surface area (Å²) in [4.78, 5) is 16.1. The first-order valence-corrected chi connectivity index (χ1v) is 8.41. The first-order valence-electron chi connectivity index (χ1n) is 8.03. The molecule has 0 spiro atoms. The number of nitrogens with zero attached hydrogens (tertiary/aromatic N) is 2. The number of carbonyl (C=O) groups is 1. The van der Waals surface area contributed by atoms with Crippen LogP contribution in [0.1, 0.15) is 31.9 Å². The molecule has 1 fully saturated rings. The Balaban J connectivity index is 2.24. The molecular weight excluding hydrogens is 316 g/mol. The van der Waals surface area contributed by atoms with E-state index in [1.54, 1.807) is 18.2 Å². The van der Waals surface area contributed by atoms with Crippen LogP contribution >= 0.6 is 11.6 Å². The van der Waals surface area contributed by atoms with Crippen molar-refractivity contribution in [2.45, 2.75) is 32.4 Å². The van der Waals surface area contributed by atoms with E-state index >= 15 is 0 Å². The molecular formula is C17H25ClN2O3. The molecule has 0 radical (unpaired) electrons. The van der Waals surface area contributed by atoms with E-state index in [0.29, 0.717) is 22.9 Å². The monoisotopic (exact) mass is 340 g/mol. The highest BCUT2D eigenvalue weighted by Crippen LogP contribution is 2.32. The molecule has 1 saturated heterocycles. The molecule has 2 atom stereocenters. The van der Waals surface area contributed by atoms with Crippen molar-refractivity contribution in [1.82, 2.24) is 9.80 Å². The SMILES string of the molecule is CCCOc1ccc(C(C(=O)O)N2CCN(C)CC2C)cc1Cl. The van der Waals surface area contributed by atoms with Gasteiger partial charge in [0, 0.05) is 25.7 Å². The van der Waals surface area contributed by atoms with Crippen molar-refractivity contribution in [2.75, 3.05) is 33.3 Å². The van der Waals surface area contributed by atoms with Gasteiger partial charge < -0.3 is 14.7 Å². The molecule has 2 rings (SSSR count). The minimum atomic E-state index is -0.848. The number of likely N-dealkylation sites (N-methyl/N-ethyl adjacent to an activating group) is 1. The molecule has 0 saturated carbocycles. The van der Waals surface area contributed by atoms with Crippen LogP contribution in [0.15, 0.2) is 18.2 Å². The summed E-state index contributed by atoms with van der Waals surface area (Å²) in [7, 11) is 2.06. The van der Waals surface area contributed by atoms with E-state index in [1.165, 1.54) is 0 Å². The zero-order valence-corrected chi connectivity index (χ0v) is 14.7. The summed E-state index contributed by atoms with van der Waals surface area (Å²) >= 11 is 6.27. The molecule has 1 aromatic carbocycles. The van der Waals surface area contributed by atoms with Crippen molar-refractivity contribution in [3.8, 4) is 5.75 Å². The normalized spacial score (nSPS) is 21.1. The number of hydrogen-bond donors (Lipinski definition) is 1. The highest BCUT2D eigenvalue weighted by atomic mass is 35.5. The van der Waals surface area contributed by atoms with Gasteiger partial charge in [0.1, 0.15) is 11.8 Å². The van der Waals surface area contributed by atoms with Crippen LogP contribution in [0.5, 0.6) is 5.75 Å². The predicted octanol–water partition coefficient (Wildman–Crippen LogP) is 2.89. The minimum Gasteiger partial charge on any atom is -0.492 e. The van der Waals surface area contributed by atoms with Crippen LogP contribution in [0.3, 0.4) is 0 Å². The number of ether oxygens (including phenoxy) is 1. The zero-order chi connectivity index (χ0) is 17.0. The molecule has 0 amide bonds. The number of piperazine rings is 1. The molecule has 1 aliphatic rings. The van der Waals surface area contributed by atoms with E-state index in [0.717, 1.165) is 26.1 Å². The number of benzene rings is 1. The second-order valence-corrected chi connectivity index (χ2v) is 6.54. The summed E-state index contributed by atoms with van der Waals surface area (Å²) in [6, 6.07) is 4.78. The van der Waals surface area contributed by atoms with E-state index in [4.69, 9.17) is 16.3 Å². The fourth-order valence-corrected chi connectivity index (χ4v) is 3.27. The number of rotatable bonds is 6. The van der Waals surface area contributed by atoms with Crippen LogP contribution in [0.4, 0.5) is 0 Å². The maximum atomic E-state index is 11.9. The molecule has 1 N–H and O–H groups in total. The largest absolute Gasteiger partial charge is 0.492 e. The van der Waals surface area contributed by atoms with Gasteiger partial charge in [-0.05, 0) is 38.1 Å². The maximum absolute atomic E-state index is 11.9. The van der Waals surface area contributed by atoms with Crippen molar-refractivity contribution in [3.63, 3.8) is 0 Å². The highest BCUT2D eigenvalue weighted by molar-refractivity contribution is 6.32. The summed E-state index contributed by atoms with van der Waals surface area (Å²) in [5, 5.41) is 10.2. The summed E-state index contributed by atoms with van der Waals surface area (Å²) < 4.78 is 5.56. The van der Waals surface area contributed by atoms with Crippen molar-refractivity contribution in [2.24, 2.45) is 0 Å². The third-order valence-electron chi connectivity index (χ3n) is 4.18. The van der Waals surface area contributed by atoms with Crippen LogP contribution in [-0.2, 0) is 4.79 Å². The van der Waals surface area contributed by atoms with Crippen molar-refractivity contribution in [3.05, 3.63) is 28.8 Å². The third-order valence-corrected chi connectivity index (χ3v) is 4.48. The van der Waals surface area contributed by atoms with E-state index in [1.807, 2.05) is 11.8 Å². The highest BCUT2D eigenvalue weighted by Gasteiger charge is 2.34. The zero-order valence-electron chi connectivity index (χ0n) is 14.0. The molecule has 1 aromatic rings. The van der Waals surface area contributed by atoms with E-state index < -0.39 is 12.0 Å². The lowest BCUT2D eigenvalue weighted by Gasteiger charge is -2.41. The molecule has 0 aromatic heterocycles. The van der Waals surface area contributed by atoms with Gasteiger partial charge in [-0.2, -0.15) is 0 Å². The van der Waals surface area contributed by atoms with Crippen molar-refractivity contribution >= 4 is 17.6 Å². The average Bonchev–Trinajstić information content (AvgIpc) is 2.48. The number of carboxylic acids is 1. The van der Waals surface area contributed by atoms with E-state index in [9.17, 15) is 9.90 Å². The molecule has 0 bridgehead atoms. The predicted molar refractivity (Wildman–Crippen MR) is 91.3 cm³/mol. The van der Waals surface area contributed by atoms with Gasteiger partial charge >= 0.3 is 5.97 Å². The second kappa shape index (κ2) is 7.99. The first-order chi connectivity index (χ1) is 10.9. The Hall–Kier alpha value is -1.30. The maximum Gasteiger partial charge on any atom is 0.325 e. The number of halogens is 1. The van der Waals surface area contributed by atoms with Gasteiger partial charge in [0.05, 0.1) is 11.6 Å². The Morgan fingerprint density at radius 2 is 2.22 bits per heavy atom. The van der Waals surface area contributed by atoms with Gasteiger partial charge in [-0.15, -0.1) is 0 Å². The Morgan fingerprint density at radius 1 is 1.48 bits per heavy atom. The fourth-order valence-electron chi connectivity index (χ4n) is 3.03. The minimum absolute atomic E-state index is 0.171. The molecule has 1 aliphatic heterocycles. The van der Waals surface area contributed by atoms with Crippen LogP contribution in [-0.4, -0.2) is 60.2 Å². The Kier molecular flexibility index (Phi) is 6.27. The molecule has 0 aliphatic carbocycles. The van der Waals surface area contributed by atoms with Crippen LogP contribution < -0.4 is 4.74 Å². The van der Waals surface area contributed by atoms with Gasteiger partial charge in [-0.1, -0.05) is 24.6 Å². The Bertz CT molecular complexity index is 553. The van der Waals surface area contributed by atoms with Gasteiger partial charge in [-0.3, -0.25) is 9.69 Å². The third kappa shape index (κ3) is 4.37. The lowest BCUT2D eigenvalue weighted by molar-refractivity contribution is -0.145. The van der Waals surface area contributed by atoms with Crippen molar-refractivity contribution < 1.29 is 14.6 Å². The summed E-state index contributed by atoms with van der Waals surface area (Å²) in [6.07, 6.45) is 0.897. The topological polar surface area (TPSA) is 53.0 Å². The summed E-state index contributed by atoms with van der Waals surface area (Å²) in [6.45, 7) is 7.12. The van der Waals surface area contributed by atoms with Gasteiger partial charge in [0.15, 0.2) is 0 Å². The van der Waals surface area contributed by atoms with Gasteiger partial charge in [0.25, 0.3) is 0 Å². The van der Waals surface area contributed by atoms with Crippen molar-refractivity contribution in [1.29, 1.82) is 0 Å². The van der Waals surface area contributed by atoms with Gasteiger partial charge in [0.2, 0.25) is 0 Å². The lowest BCUT2D eigenvalue weighted by atomic mass is 10.0. The molecule has 1 heterocycles. The van der Waals surface area contributed by atoms with Crippen LogP contribution in [0.2, 0.25) is 5.02 Å². The molecule has 6 heteroatoms. The fraction of sp³-hybridized carbons (Fsp3) is 0.588. The van der Waals surface area contributed by atoms with Crippen LogP contribution in [0.25, 0.3) is 0 Å². The summed E-state index contributed by atoms with van der Waals surface area (Å²) in [5.74, 6) is -0.243. The quantitative estimate of drug-likeness (QED) is 0.863. The summed E-state index contributed by atoms with van der Waals surface area (Å²) in [5.41, 5.74) is 0.697. The number of carboxylic acid groups (broad SMARTS) is 1. The Labute approximate surface area is 142 Å². The van der Waals surface area contributed by atoms with Gasteiger partial charge in [-0.25, -0.2) is 0 Å². The first kappa shape index (κ1) is 18.0. The molecule has 5 nitrogen and oxygen atoms in total. The second-order valence-electron chi connectivity index (χ2n) is 6.13.